The predicted molar refractivity (Wildman–Crippen MR) is 176 cm³/mol. The summed E-state index contributed by atoms with van der Waals surface area (Å²) in [6, 6.07) is 51.0. The van der Waals surface area contributed by atoms with Gasteiger partial charge < -0.3 is 4.90 Å². The van der Waals surface area contributed by atoms with Crippen molar-refractivity contribution in [3.63, 3.8) is 0 Å². The molecular weight excluding hydrogens is 494 g/mol. The molecule has 0 heterocycles. The fraction of sp³-hybridized carbons (Fsp3) is 0.150. The standard InChI is InChI=1S/C40H35N/c1-39(2)37-17-11-10-16-35(37)36-27-34(24-25-38(36)40(39,3)4)41(33-23-20-29-14-8-9-15-31(29)26-33)32-21-18-30(19-22-32)28-12-6-5-7-13-28/h5-27H,1-4H3. The lowest BCUT2D eigenvalue weighted by molar-refractivity contribution is 0.299. The van der Waals surface area contributed by atoms with E-state index in [4.69, 9.17) is 0 Å². The summed E-state index contributed by atoms with van der Waals surface area (Å²) in [5.74, 6) is 0. The number of benzene rings is 6. The number of hydrogen-bond acceptors (Lipinski definition) is 1. The minimum atomic E-state index is -0.0136. The Bertz CT molecular complexity index is 1880. The van der Waals surface area contributed by atoms with Crippen LogP contribution in [0.25, 0.3) is 33.0 Å². The normalized spacial score (nSPS) is 14.7. The van der Waals surface area contributed by atoms with Crippen molar-refractivity contribution in [2.45, 2.75) is 38.5 Å². The Kier molecular flexibility index (Phi) is 5.87. The van der Waals surface area contributed by atoms with E-state index in [2.05, 4.69) is 172 Å². The number of rotatable bonds is 4. The highest BCUT2D eigenvalue weighted by Crippen LogP contribution is 2.54. The monoisotopic (exact) mass is 529 g/mol. The first kappa shape index (κ1) is 25.4. The van der Waals surface area contributed by atoms with Crippen LogP contribution in [0.1, 0.15) is 38.8 Å². The van der Waals surface area contributed by atoms with Gasteiger partial charge in [-0.1, -0.05) is 131 Å². The van der Waals surface area contributed by atoms with Crippen LogP contribution in [-0.4, -0.2) is 0 Å². The highest BCUT2D eigenvalue weighted by molar-refractivity contribution is 5.91. The molecule has 6 aromatic carbocycles. The van der Waals surface area contributed by atoms with Crippen LogP contribution in [0.5, 0.6) is 0 Å². The summed E-state index contributed by atoms with van der Waals surface area (Å²) in [5, 5.41) is 2.49. The zero-order valence-electron chi connectivity index (χ0n) is 24.2. The van der Waals surface area contributed by atoms with Crippen LogP contribution in [0, 0.1) is 0 Å². The van der Waals surface area contributed by atoms with Gasteiger partial charge in [0.05, 0.1) is 0 Å². The Morgan fingerprint density at radius 3 is 1.68 bits per heavy atom. The Hall–Kier alpha value is -4.62. The molecule has 0 aromatic heterocycles. The molecule has 7 rings (SSSR count). The summed E-state index contributed by atoms with van der Waals surface area (Å²) in [5.41, 5.74) is 11.4. The molecule has 0 amide bonds. The molecule has 0 saturated heterocycles. The van der Waals surface area contributed by atoms with Gasteiger partial charge in [-0.25, -0.2) is 0 Å². The van der Waals surface area contributed by atoms with Crippen molar-refractivity contribution in [1.29, 1.82) is 0 Å². The lowest BCUT2D eigenvalue weighted by atomic mass is 9.55. The maximum atomic E-state index is 2.41. The molecule has 1 heteroatoms. The van der Waals surface area contributed by atoms with Gasteiger partial charge in [0.25, 0.3) is 0 Å². The van der Waals surface area contributed by atoms with Crippen LogP contribution in [0.4, 0.5) is 17.1 Å². The third-order valence-corrected chi connectivity index (χ3v) is 9.61. The molecule has 0 radical (unpaired) electrons. The van der Waals surface area contributed by atoms with E-state index in [9.17, 15) is 0 Å². The fourth-order valence-corrected chi connectivity index (χ4v) is 6.57. The first-order valence-electron chi connectivity index (χ1n) is 14.5. The third-order valence-electron chi connectivity index (χ3n) is 9.61. The van der Waals surface area contributed by atoms with Crippen LogP contribution < -0.4 is 4.90 Å². The van der Waals surface area contributed by atoms with Gasteiger partial charge in [-0.2, -0.15) is 0 Å². The smallest absolute Gasteiger partial charge is 0.0468 e. The molecule has 0 unspecified atom stereocenters. The molecule has 0 atom stereocenters. The Morgan fingerprint density at radius 1 is 0.390 bits per heavy atom. The second kappa shape index (κ2) is 9.49. The summed E-state index contributed by atoms with van der Waals surface area (Å²) >= 11 is 0. The molecule has 0 aliphatic heterocycles. The highest BCUT2D eigenvalue weighted by atomic mass is 15.1. The van der Waals surface area contributed by atoms with E-state index in [-0.39, 0.29) is 10.8 Å². The topological polar surface area (TPSA) is 3.24 Å². The fourth-order valence-electron chi connectivity index (χ4n) is 6.57. The summed E-state index contributed by atoms with van der Waals surface area (Å²) in [7, 11) is 0. The number of anilines is 3. The molecule has 1 aliphatic carbocycles. The molecule has 1 nitrogen and oxygen atoms in total. The van der Waals surface area contributed by atoms with Gasteiger partial charge in [0.2, 0.25) is 0 Å². The average molecular weight is 530 g/mol. The number of nitrogens with zero attached hydrogens (tertiary/aromatic N) is 1. The van der Waals surface area contributed by atoms with Gasteiger partial charge >= 0.3 is 0 Å². The molecule has 0 spiro atoms. The van der Waals surface area contributed by atoms with Crippen molar-refractivity contribution in [3.8, 4) is 22.3 Å². The van der Waals surface area contributed by atoms with Crippen molar-refractivity contribution in [1.82, 2.24) is 0 Å². The summed E-state index contributed by atoms with van der Waals surface area (Å²) in [4.78, 5) is 2.40. The van der Waals surface area contributed by atoms with Crippen LogP contribution in [0.3, 0.4) is 0 Å². The molecule has 0 N–H and O–H groups in total. The molecule has 41 heavy (non-hydrogen) atoms. The van der Waals surface area contributed by atoms with Gasteiger partial charge in [0.1, 0.15) is 0 Å². The van der Waals surface area contributed by atoms with E-state index in [1.807, 2.05) is 0 Å². The van der Waals surface area contributed by atoms with Crippen LogP contribution >= 0.6 is 0 Å². The number of hydrogen-bond donors (Lipinski definition) is 0. The minimum absolute atomic E-state index is 0.0136. The van der Waals surface area contributed by atoms with E-state index in [1.54, 1.807) is 0 Å². The Morgan fingerprint density at radius 2 is 0.927 bits per heavy atom. The van der Waals surface area contributed by atoms with E-state index in [1.165, 1.54) is 44.2 Å². The lowest BCUT2D eigenvalue weighted by Gasteiger charge is -2.48. The zero-order valence-corrected chi connectivity index (χ0v) is 24.2. The molecular formula is C40H35N. The Labute approximate surface area is 243 Å². The van der Waals surface area contributed by atoms with Gasteiger partial charge in [0.15, 0.2) is 0 Å². The number of fused-ring (bicyclic) bond motifs is 4. The first-order chi connectivity index (χ1) is 19.8. The molecule has 200 valence electrons. The van der Waals surface area contributed by atoms with E-state index in [0.717, 1.165) is 17.1 Å². The second-order valence-electron chi connectivity index (χ2n) is 12.3. The molecule has 0 saturated carbocycles. The van der Waals surface area contributed by atoms with E-state index >= 15 is 0 Å². The van der Waals surface area contributed by atoms with Gasteiger partial charge in [0, 0.05) is 17.1 Å². The van der Waals surface area contributed by atoms with Gasteiger partial charge in [-0.3, -0.25) is 0 Å². The SMILES string of the molecule is CC1(C)c2ccccc2-c2cc(N(c3ccc(-c4ccccc4)cc3)c3ccc4ccccc4c3)ccc2C1(C)C. The summed E-state index contributed by atoms with van der Waals surface area (Å²) in [6.07, 6.45) is 0. The predicted octanol–water partition coefficient (Wildman–Crippen LogP) is 11.2. The van der Waals surface area contributed by atoms with Gasteiger partial charge in [-0.05, 0) is 91.4 Å². The summed E-state index contributed by atoms with van der Waals surface area (Å²) < 4.78 is 0. The van der Waals surface area contributed by atoms with E-state index < -0.39 is 0 Å². The van der Waals surface area contributed by atoms with Crippen molar-refractivity contribution < 1.29 is 0 Å². The van der Waals surface area contributed by atoms with Crippen LogP contribution in [0.15, 0.2) is 140 Å². The average Bonchev–Trinajstić information content (AvgIpc) is 3.01. The van der Waals surface area contributed by atoms with E-state index in [0.29, 0.717) is 0 Å². The van der Waals surface area contributed by atoms with Crippen molar-refractivity contribution >= 4 is 27.8 Å². The molecule has 0 bridgehead atoms. The van der Waals surface area contributed by atoms with Crippen LogP contribution in [0.2, 0.25) is 0 Å². The van der Waals surface area contributed by atoms with Crippen LogP contribution in [-0.2, 0) is 10.8 Å². The van der Waals surface area contributed by atoms with Crippen molar-refractivity contribution in [2.75, 3.05) is 4.90 Å². The maximum Gasteiger partial charge on any atom is 0.0468 e. The van der Waals surface area contributed by atoms with Gasteiger partial charge in [-0.15, -0.1) is 0 Å². The lowest BCUT2D eigenvalue weighted by Crippen LogP contribution is -2.43. The largest absolute Gasteiger partial charge is 0.310 e. The highest BCUT2D eigenvalue weighted by Gasteiger charge is 2.45. The molecule has 1 aliphatic rings. The minimum Gasteiger partial charge on any atom is -0.310 e. The molecule has 0 fully saturated rings. The summed E-state index contributed by atoms with van der Waals surface area (Å²) in [6.45, 7) is 9.56. The first-order valence-corrected chi connectivity index (χ1v) is 14.5. The quantitative estimate of drug-likeness (QED) is 0.219. The second-order valence-corrected chi connectivity index (χ2v) is 12.3. The maximum absolute atomic E-state index is 2.41. The Balaban J connectivity index is 1.42. The van der Waals surface area contributed by atoms with Crippen molar-refractivity contribution in [2.24, 2.45) is 0 Å². The molecule has 6 aromatic rings. The van der Waals surface area contributed by atoms with Crippen molar-refractivity contribution in [3.05, 3.63) is 151 Å². The third kappa shape index (κ3) is 4.07. The zero-order chi connectivity index (χ0) is 28.2.